The molecule has 5 aliphatic rings. The van der Waals surface area contributed by atoms with Crippen LogP contribution in [0.2, 0.25) is 0 Å². The van der Waals surface area contributed by atoms with Gasteiger partial charge in [0.25, 0.3) is 0 Å². The third-order valence-electron chi connectivity index (χ3n) is 5.61. The van der Waals surface area contributed by atoms with Crippen molar-refractivity contribution < 1.29 is 5.11 Å². The van der Waals surface area contributed by atoms with Crippen LogP contribution in [-0.2, 0) is 0 Å². The van der Waals surface area contributed by atoms with Crippen molar-refractivity contribution in [2.45, 2.75) is 50.5 Å². The summed E-state index contributed by atoms with van der Waals surface area (Å²) in [7, 11) is 0. The van der Waals surface area contributed by atoms with Gasteiger partial charge in [0.05, 0.1) is 5.60 Å². The van der Waals surface area contributed by atoms with Gasteiger partial charge in [0, 0.05) is 0 Å². The minimum absolute atomic E-state index is 0.204. The third-order valence-corrected chi connectivity index (χ3v) is 5.61. The van der Waals surface area contributed by atoms with Crippen LogP contribution in [0.5, 0.6) is 0 Å². The van der Waals surface area contributed by atoms with E-state index in [-0.39, 0.29) is 5.60 Å². The molecular weight excluding hydrogens is 160 g/mol. The van der Waals surface area contributed by atoms with Crippen molar-refractivity contribution in [1.29, 1.82) is 0 Å². The minimum atomic E-state index is -0.204. The lowest BCUT2D eigenvalue weighted by atomic mass is 9.48. The van der Waals surface area contributed by atoms with Gasteiger partial charge in [-0.25, -0.2) is 0 Å². The molecule has 13 heavy (non-hydrogen) atoms. The lowest BCUT2D eigenvalue weighted by Crippen LogP contribution is -2.55. The molecule has 1 heteroatoms. The Morgan fingerprint density at radius 3 is 2.00 bits per heavy atom. The Labute approximate surface area is 79.5 Å². The lowest BCUT2D eigenvalue weighted by Gasteiger charge is -2.59. The van der Waals surface area contributed by atoms with Gasteiger partial charge in [0.1, 0.15) is 0 Å². The normalized spacial score (nSPS) is 60.2. The first-order valence-corrected chi connectivity index (χ1v) is 5.93. The van der Waals surface area contributed by atoms with Gasteiger partial charge in [-0.1, -0.05) is 0 Å². The van der Waals surface area contributed by atoms with Crippen LogP contribution in [0.4, 0.5) is 0 Å². The van der Waals surface area contributed by atoms with Gasteiger partial charge in [-0.05, 0) is 68.1 Å². The minimum Gasteiger partial charge on any atom is -0.390 e. The third kappa shape index (κ3) is 0.743. The van der Waals surface area contributed by atoms with Gasteiger partial charge in [-0.15, -0.1) is 0 Å². The van der Waals surface area contributed by atoms with Crippen molar-refractivity contribution in [1.82, 2.24) is 0 Å². The molecule has 5 saturated carbocycles. The Morgan fingerprint density at radius 1 is 0.923 bits per heavy atom. The molecule has 1 nitrogen and oxygen atoms in total. The second-order valence-electron chi connectivity index (χ2n) is 6.30. The molecule has 0 aromatic carbocycles. The number of hydrogen-bond donors (Lipinski definition) is 1. The largest absolute Gasteiger partial charge is 0.390 e. The lowest BCUT2D eigenvalue weighted by molar-refractivity contribution is -0.160. The van der Waals surface area contributed by atoms with E-state index < -0.39 is 0 Å². The maximum absolute atomic E-state index is 10.4. The summed E-state index contributed by atoms with van der Waals surface area (Å²) in [6.45, 7) is 0. The van der Waals surface area contributed by atoms with Crippen molar-refractivity contribution in [2.75, 3.05) is 0 Å². The number of rotatable bonds is 0. The van der Waals surface area contributed by atoms with Crippen LogP contribution in [-0.4, -0.2) is 10.7 Å². The zero-order valence-electron chi connectivity index (χ0n) is 8.13. The molecule has 4 atom stereocenters. The van der Waals surface area contributed by atoms with Crippen molar-refractivity contribution in [3.8, 4) is 0 Å². The topological polar surface area (TPSA) is 20.2 Å². The van der Waals surface area contributed by atoms with Gasteiger partial charge in [-0.3, -0.25) is 0 Å². The van der Waals surface area contributed by atoms with Crippen LogP contribution in [0.15, 0.2) is 0 Å². The molecule has 0 saturated heterocycles. The van der Waals surface area contributed by atoms with E-state index in [4.69, 9.17) is 0 Å². The fourth-order valence-electron chi connectivity index (χ4n) is 5.11. The van der Waals surface area contributed by atoms with Gasteiger partial charge < -0.3 is 5.11 Å². The summed E-state index contributed by atoms with van der Waals surface area (Å²) >= 11 is 0. The Kier molecular flexibility index (Phi) is 1.03. The summed E-state index contributed by atoms with van der Waals surface area (Å²) in [6.07, 6.45) is 9.34. The summed E-state index contributed by atoms with van der Waals surface area (Å²) in [5, 5.41) is 10.4. The summed E-state index contributed by atoms with van der Waals surface area (Å²) in [5.74, 6) is 2.74. The average molecular weight is 178 g/mol. The Balaban J connectivity index is 1.79. The Bertz CT molecular complexity index is 248. The molecule has 2 unspecified atom stereocenters. The highest BCUT2D eigenvalue weighted by atomic mass is 16.3. The molecule has 4 bridgehead atoms. The molecular formula is C12H18O. The van der Waals surface area contributed by atoms with Crippen LogP contribution in [0, 0.1) is 23.2 Å². The molecule has 1 N–H and O–H groups in total. The first kappa shape index (κ1) is 7.28. The standard InChI is InChI=1S/C12H18O/c13-11-5-8-3-9(6-11)12(1-2-12)10(4-8)7-11/h8-10,13H,1-7H2/t8?,9-,10+,11?. The van der Waals surface area contributed by atoms with E-state index in [0.29, 0.717) is 0 Å². The maximum Gasteiger partial charge on any atom is 0.0656 e. The van der Waals surface area contributed by atoms with E-state index >= 15 is 0 Å². The van der Waals surface area contributed by atoms with Crippen LogP contribution in [0.25, 0.3) is 0 Å². The van der Waals surface area contributed by atoms with Gasteiger partial charge in [-0.2, -0.15) is 0 Å². The van der Waals surface area contributed by atoms with Crippen LogP contribution >= 0.6 is 0 Å². The van der Waals surface area contributed by atoms with Crippen LogP contribution < -0.4 is 0 Å². The monoisotopic (exact) mass is 178 g/mol. The predicted molar refractivity (Wildman–Crippen MR) is 50.2 cm³/mol. The molecule has 0 radical (unpaired) electrons. The number of aliphatic hydroxyl groups is 1. The molecule has 0 aromatic rings. The zero-order chi connectivity index (χ0) is 8.68. The first-order chi connectivity index (χ1) is 6.20. The van der Waals surface area contributed by atoms with Crippen molar-refractivity contribution >= 4 is 0 Å². The van der Waals surface area contributed by atoms with E-state index in [2.05, 4.69) is 0 Å². The summed E-state index contributed by atoms with van der Waals surface area (Å²) in [6, 6.07) is 0. The highest BCUT2D eigenvalue weighted by Crippen LogP contribution is 2.72. The molecule has 0 heterocycles. The van der Waals surface area contributed by atoms with Crippen LogP contribution in [0.1, 0.15) is 44.9 Å². The average Bonchev–Trinajstić information content (AvgIpc) is 2.77. The van der Waals surface area contributed by atoms with Crippen molar-refractivity contribution in [3.05, 3.63) is 0 Å². The Morgan fingerprint density at radius 2 is 1.54 bits per heavy atom. The fraction of sp³-hybridized carbons (Fsp3) is 1.00. The maximum atomic E-state index is 10.4. The molecule has 0 amide bonds. The van der Waals surface area contributed by atoms with Gasteiger partial charge >= 0.3 is 0 Å². The van der Waals surface area contributed by atoms with E-state index in [9.17, 15) is 5.11 Å². The molecule has 1 spiro atoms. The van der Waals surface area contributed by atoms with Gasteiger partial charge in [0.2, 0.25) is 0 Å². The second-order valence-corrected chi connectivity index (χ2v) is 6.30. The van der Waals surface area contributed by atoms with E-state index in [1.807, 2.05) is 0 Å². The van der Waals surface area contributed by atoms with E-state index in [1.54, 1.807) is 0 Å². The summed E-state index contributed by atoms with van der Waals surface area (Å²) in [4.78, 5) is 0. The highest BCUT2D eigenvalue weighted by Gasteiger charge is 2.65. The molecule has 5 aliphatic carbocycles. The molecule has 5 fully saturated rings. The summed E-state index contributed by atoms with van der Waals surface area (Å²) < 4.78 is 0. The SMILES string of the molecule is OC12CC3C[C@H](C1)C1(CC1)[C@@H](C3)C2. The van der Waals surface area contributed by atoms with E-state index in [0.717, 1.165) is 42.4 Å². The molecule has 0 aliphatic heterocycles. The van der Waals surface area contributed by atoms with E-state index in [1.165, 1.54) is 25.7 Å². The fourth-order valence-corrected chi connectivity index (χ4v) is 5.11. The highest BCUT2D eigenvalue weighted by molar-refractivity contribution is 5.16. The number of hydrogen-bond acceptors (Lipinski definition) is 1. The molecule has 5 rings (SSSR count). The van der Waals surface area contributed by atoms with Gasteiger partial charge in [0.15, 0.2) is 0 Å². The predicted octanol–water partition coefficient (Wildman–Crippen LogP) is 2.34. The Hall–Kier alpha value is -0.0400. The van der Waals surface area contributed by atoms with Crippen molar-refractivity contribution in [2.24, 2.45) is 23.2 Å². The van der Waals surface area contributed by atoms with Crippen molar-refractivity contribution in [3.63, 3.8) is 0 Å². The molecule has 0 aromatic heterocycles. The summed E-state index contributed by atoms with van der Waals surface area (Å²) in [5.41, 5.74) is 0.563. The first-order valence-electron chi connectivity index (χ1n) is 5.93. The quantitative estimate of drug-likeness (QED) is 0.603. The molecule has 72 valence electrons. The second kappa shape index (κ2) is 1.84. The smallest absolute Gasteiger partial charge is 0.0656 e. The van der Waals surface area contributed by atoms with Crippen LogP contribution in [0.3, 0.4) is 0 Å². The zero-order valence-corrected chi connectivity index (χ0v) is 8.13.